The highest BCUT2D eigenvalue weighted by Gasteiger charge is 2.14. The third-order valence-electron chi connectivity index (χ3n) is 2.97. The predicted octanol–water partition coefficient (Wildman–Crippen LogP) is 3.71. The minimum Gasteiger partial charge on any atom is -0.465 e. The highest BCUT2D eigenvalue weighted by molar-refractivity contribution is 7.99. The summed E-state index contributed by atoms with van der Waals surface area (Å²) in [6.45, 7) is 0. The van der Waals surface area contributed by atoms with Crippen molar-refractivity contribution in [3.8, 4) is 12.3 Å². The van der Waals surface area contributed by atoms with Crippen LogP contribution in [0.5, 0.6) is 0 Å². The van der Waals surface area contributed by atoms with Crippen LogP contribution >= 0.6 is 11.8 Å². The number of hydrogen-bond donors (Lipinski definition) is 0. The van der Waals surface area contributed by atoms with E-state index < -0.39 is 0 Å². The second-order valence-electron chi connectivity index (χ2n) is 4.40. The Morgan fingerprint density at radius 2 is 2.23 bits per heavy atom. The van der Waals surface area contributed by atoms with Gasteiger partial charge in [0.2, 0.25) is 0 Å². The van der Waals surface area contributed by atoms with Gasteiger partial charge >= 0.3 is 0 Å². The number of thioether (sulfide) groups is 1. The van der Waals surface area contributed by atoms with Crippen molar-refractivity contribution in [2.45, 2.75) is 5.16 Å². The summed E-state index contributed by atoms with van der Waals surface area (Å²) in [5, 5.41) is 0.591. The lowest BCUT2D eigenvalue weighted by Gasteiger charge is -2.03. The Bertz CT molecular complexity index is 870. The number of para-hydroxylation sites is 2. The number of carbonyl (C=O) groups is 1. The van der Waals surface area contributed by atoms with Crippen LogP contribution in [0.1, 0.15) is 10.6 Å². The Morgan fingerprint density at radius 3 is 3.00 bits per heavy atom. The number of imidazole rings is 1. The summed E-state index contributed by atoms with van der Waals surface area (Å²) in [6.07, 6.45) is 9.96. The van der Waals surface area contributed by atoms with Gasteiger partial charge in [-0.1, -0.05) is 29.8 Å². The monoisotopic (exact) mass is 308 g/mol. The number of allylic oxidation sites excluding steroid dienone is 1. The van der Waals surface area contributed by atoms with Crippen molar-refractivity contribution < 1.29 is 9.21 Å². The molecule has 22 heavy (non-hydrogen) atoms. The Morgan fingerprint density at radius 1 is 1.36 bits per heavy atom. The molecule has 2 aromatic heterocycles. The molecule has 0 radical (unpaired) electrons. The van der Waals surface area contributed by atoms with Gasteiger partial charge < -0.3 is 4.42 Å². The van der Waals surface area contributed by atoms with Crippen LogP contribution in [0.15, 0.2) is 58.3 Å². The molecule has 0 aliphatic carbocycles. The lowest BCUT2D eigenvalue weighted by atomic mass is 10.3. The van der Waals surface area contributed by atoms with E-state index in [1.165, 1.54) is 17.8 Å². The number of carbonyl (C=O) groups excluding carboxylic acids is 1. The first-order valence-electron chi connectivity index (χ1n) is 6.59. The molecule has 0 amide bonds. The number of nitrogens with zero attached hydrogens (tertiary/aromatic N) is 2. The van der Waals surface area contributed by atoms with E-state index in [4.69, 9.17) is 10.8 Å². The van der Waals surface area contributed by atoms with Gasteiger partial charge in [0, 0.05) is 6.08 Å². The first-order chi connectivity index (χ1) is 10.8. The van der Waals surface area contributed by atoms with Crippen LogP contribution in [0, 0.1) is 12.3 Å². The maximum absolute atomic E-state index is 12.5. The third kappa shape index (κ3) is 2.83. The van der Waals surface area contributed by atoms with Crippen LogP contribution in [-0.4, -0.2) is 21.2 Å². The van der Waals surface area contributed by atoms with Gasteiger partial charge in [0.15, 0.2) is 5.16 Å². The summed E-state index contributed by atoms with van der Waals surface area (Å²) in [6, 6.07) is 11.0. The molecular formula is C17H12N2O2S. The maximum Gasteiger partial charge on any atom is 0.257 e. The molecule has 0 unspecified atom stereocenters. The predicted molar refractivity (Wildman–Crippen MR) is 87.7 cm³/mol. The van der Waals surface area contributed by atoms with Gasteiger partial charge in [-0.25, -0.2) is 4.98 Å². The Labute approximate surface area is 131 Å². The van der Waals surface area contributed by atoms with Gasteiger partial charge in [-0.2, -0.15) is 0 Å². The van der Waals surface area contributed by atoms with Crippen LogP contribution < -0.4 is 0 Å². The van der Waals surface area contributed by atoms with Crippen molar-refractivity contribution in [2.75, 3.05) is 5.75 Å². The zero-order chi connectivity index (χ0) is 15.4. The number of hydrogen-bond acceptors (Lipinski definition) is 4. The zero-order valence-corrected chi connectivity index (χ0v) is 12.4. The smallest absolute Gasteiger partial charge is 0.257 e. The quantitative estimate of drug-likeness (QED) is 0.419. The molecule has 0 atom stereocenters. The molecule has 0 spiro atoms. The summed E-state index contributed by atoms with van der Waals surface area (Å²) < 4.78 is 6.75. The highest BCUT2D eigenvalue weighted by Crippen LogP contribution is 2.24. The van der Waals surface area contributed by atoms with Gasteiger partial charge in [0.05, 0.1) is 23.0 Å². The summed E-state index contributed by atoms with van der Waals surface area (Å²) in [7, 11) is 0. The van der Waals surface area contributed by atoms with Gasteiger partial charge in [-0.3, -0.25) is 9.36 Å². The normalized spacial score (nSPS) is 11.0. The summed E-state index contributed by atoms with van der Waals surface area (Å²) in [5.41, 5.74) is 1.53. The lowest BCUT2D eigenvalue weighted by molar-refractivity contribution is 0.0965. The minimum atomic E-state index is -0.190. The number of terminal acetylenes is 1. The fraction of sp³-hybridized carbons (Fsp3) is 0.0588. The maximum atomic E-state index is 12.5. The van der Waals surface area contributed by atoms with Crippen molar-refractivity contribution in [3.63, 3.8) is 0 Å². The molecule has 1 aromatic carbocycles. The number of furan rings is 1. The Hall–Kier alpha value is -2.71. The molecule has 0 saturated heterocycles. The molecule has 0 saturated carbocycles. The lowest BCUT2D eigenvalue weighted by Crippen LogP contribution is -2.08. The van der Waals surface area contributed by atoms with E-state index in [9.17, 15) is 4.79 Å². The average molecular weight is 308 g/mol. The molecule has 0 N–H and O–H groups in total. The Kier molecular flexibility index (Phi) is 4.12. The second kappa shape index (κ2) is 6.37. The molecule has 0 aliphatic rings. The molecule has 5 heteroatoms. The van der Waals surface area contributed by atoms with Gasteiger partial charge in [-0.05, 0) is 30.3 Å². The Balaban J connectivity index is 2.00. The van der Waals surface area contributed by atoms with Crippen LogP contribution in [-0.2, 0) is 0 Å². The van der Waals surface area contributed by atoms with Crippen molar-refractivity contribution in [2.24, 2.45) is 0 Å². The van der Waals surface area contributed by atoms with Gasteiger partial charge in [0.25, 0.3) is 5.91 Å². The van der Waals surface area contributed by atoms with Crippen molar-refractivity contribution in [1.29, 1.82) is 0 Å². The van der Waals surface area contributed by atoms with Crippen molar-refractivity contribution in [3.05, 3.63) is 54.5 Å². The SMILES string of the molecule is C#CCSc1nc2ccccc2n1C(=O)/C=C/c1ccco1. The van der Waals surface area contributed by atoms with E-state index in [1.54, 1.807) is 29.0 Å². The molecule has 0 bridgehead atoms. The van der Waals surface area contributed by atoms with E-state index in [0.717, 1.165) is 11.0 Å². The van der Waals surface area contributed by atoms with E-state index in [1.807, 2.05) is 24.3 Å². The number of rotatable bonds is 4. The average Bonchev–Trinajstić information content (AvgIpc) is 3.17. The van der Waals surface area contributed by atoms with Crippen LogP contribution in [0.2, 0.25) is 0 Å². The van der Waals surface area contributed by atoms with E-state index >= 15 is 0 Å². The van der Waals surface area contributed by atoms with E-state index in [0.29, 0.717) is 16.7 Å². The fourth-order valence-electron chi connectivity index (χ4n) is 2.03. The number of benzene rings is 1. The molecule has 3 aromatic rings. The van der Waals surface area contributed by atoms with Gasteiger partial charge in [-0.15, -0.1) is 6.42 Å². The van der Waals surface area contributed by atoms with Crippen LogP contribution in [0.25, 0.3) is 17.1 Å². The van der Waals surface area contributed by atoms with E-state index in [2.05, 4.69) is 10.9 Å². The minimum absolute atomic E-state index is 0.190. The highest BCUT2D eigenvalue weighted by atomic mass is 32.2. The molecule has 2 heterocycles. The van der Waals surface area contributed by atoms with Crippen LogP contribution in [0.3, 0.4) is 0 Å². The van der Waals surface area contributed by atoms with E-state index in [-0.39, 0.29) is 5.91 Å². The van der Waals surface area contributed by atoms with Crippen LogP contribution in [0.4, 0.5) is 0 Å². The summed E-state index contributed by atoms with van der Waals surface area (Å²) in [4.78, 5) is 17.0. The summed E-state index contributed by atoms with van der Waals surface area (Å²) in [5.74, 6) is 3.43. The third-order valence-corrected chi connectivity index (χ3v) is 3.81. The summed E-state index contributed by atoms with van der Waals surface area (Å²) >= 11 is 1.36. The van der Waals surface area contributed by atoms with Crippen molar-refractivity contribution >= 4 is 34.8 Å². The molecule has 0 aliphatic heterocycles. The topological polar surface area (TPSA) is 48.0 Å². The molecule has 108 valence electrons. The van der Waals surface area contributed by atoms with Crippen molar-refractivity contribution in [1.82, 2.24) is 9.55 Å². The largest absolute Gasteiger partial charge is 0.465 e. The first kappa shape index (κ1) is 14.2. The molecule has 3 rings (SSSR count). The zero-order valence-electron chi connectivity index (χ0n) is 11.6. The number of aromatic nitrogens is 2. The standard InChI is InChI=1S/C17H12N2O2S/c1-2-12-22-17-18-14-7-3-4-8-15(14)19(17)16(20)10-9-13-6-5-11-21-13/h1,3-11H,12H2/b10-9+. The molecule has 4 nitrogen and oxygen atoms in total. The number of fused-ring (bicyclic) bond motifs is 1. The fourth-order valence-corrected chi connectivity index (χ4v) is 2.73. The molecule has 0 fully saturated rings. The van der Waals surface area contributed by atoms with Gasteiger partial charge in [0.1, 0.15) is 5.76 Å². The molecular weight excluding hydrogens is 296 g/mol. The first-order valence-corrected chi connectivity index (χ1v) is 7.58. The second-order valence-corrected chi connectivity index (χ2v) is 5.34.